The van der Waals surface area contributed by atoms with Crippen LogP contribution in [0.3, 0.4) is 0 Å². The number of carbonyl (C=O) groups is 1. The molecule has 1 aromatic carbocycles. The number of phenols is 1. The van der Waals surface area contributed by atoms with E-state index in [0.29, 0.717) is 5.92 Å². The first-order chi connectivity index (χ1) is 7.66. The molecule has 0 aromatic heterocycles. The van der Waals surface area contributed by atoms with Crippen molar-refractivity contribution in [3.05, 3.63) is 29.8 Å². The van der Waals surface area contributed by atoms with E-state index in [0.717, 1.165) is 25.7 Å². The van der Waals surface area contributed by atoms with Gasteiger partial charge in [-0.15, -0.1) is 0 Å². The van der Waals surface area contributed by atoms with Gasteiger partial charge in [-0.1, -0.05) is 12.1 Å². The van der Waals surface area contributed by atoms with Gasteiger partial charge in [-0.05, 0) is 49.3 Å². The molecule has 2 N–H and O–H groups in total. The number of hydrogen-bond acceptors (Lipinski definition) is 2. The third kappa shape index (κ3) is 2.35. The zero-order valence-electron chi connectivity index (χ0n) is 9.10. The first-order valence-electron chi connectivity index (χ1n) is 5.68. The van der Waals surface area contributed by atoms with Crippen molar-refractivity contribution in [3.8, 4) is 5.75 Å². The minimum atomic E-state index is -0.663. The van der Waals surface area contributed by atoms with E-state index in [4.69, 9.17) is 5.11 Å². The lowest BCUT2D eigenvalue weighted by Gasteiger charge is -2.26. The van der Waals surface area contributed by atoms with E-state index in [-0.39, 0.29) is 11.7 Å². The van der Waals surface area contributed by atoms with Crippen LogP contribution < -0.4 is 0 Å². The number of benzene rings is 1. The van der Waals surface area contributed by atoms with E-state index in [1.165, 1.54) is 5.56 Å². The number of phenolic OH excluding ortho intramolecular Hbond substituents is 1. The third-order valence-electron chi connectivity index (χ3n) is 3.44. The molecule has 0 bridgehead atoms. The Kier molecular flexibility index (Phi) is 3.13. The average Bonchev–Trinajstić information content (AvgIpc) is 2.30. The molecule has 0 aliphatic heterocycles. The maximum Gasteiger partial charge on any atom is 0.306 e. The summed E-state index contributed by atoms with van der Waals surface area (Å²) in [6, 6.07) is 7.25. The Bertz CT molecular complexity index is 361. The van der Waals surface area contributed by atoms with Gasteiger partial charge in [0.05, 0.1) is 5.92 Å². The fraction of sp³-hybridized carbons (Fsp3) is 0.462. The molecule has 0 radical (unpaired) electrons. The molecule has 0 saturated heterocycles. The molecule has 2 rings (SSSR count). The Morgan fingerprint density at radius 3 is 2.12 bits per heavy atom. The van der Waals surface area contributed by atoms with Gasteiger partial charge >= 0.3 is 5.97 Å². The molecular formula is C13H16O3. The number of carboxylic acid groups (broad SMARTS) is 1. The maximum atomic E-state index is 10.8. The van der Waals surface area contributed by atoms with Gasteiger partial charge in [-0.25, -0.2) is 0 Å². The highest BCUT2D eigenvalue weighted by molar-refractivity contribution is 5.70. The monoisotopic (exact) mass is 220 g/mol. The summed E-state index contributed by atoms with van der Waals surface area (Å²) in [6.07, 6.45) is 3.39. The fourth-order valence-electron chi connectivity index (χ4n) is 2.42. The highest BCUT2D eigenvalue weighted by atomic mass is 16.4. The summed E-state index contributed by atoms with van der Waals surface area (Å²) in [4.78, 5) is 10.8. The highest BCUT2D eigenvalue weighted by Gasteiger charge is 2.26. The molecule has 0 atom stereocenters. The highest BCUT2D eigenvalue weighted by Crippen LogP contribution is 2.36. The predicted molar refractivity (Wildman–Crippen MR) is 60.4 cm³/mol. The normalized spacial score (nSPS) is 25.2. The van der Waals surface area contributed by atoms with Crippen molar-refractivity contribution in [1.29, 1.82) is 0 Å². The van der Waals surface area contributed by atoms with Crippen LogP contribution in [0.15, 0.2) is 24.3 Å². The van der Waals surface area contributed by atoms with Crippen LogP contribution in [0.1, 0.15) is 37.2 Å². The van der Waals surface area contributed by atoms with Gasteiger partial charge in [0.2, 0.25) is 0 Å². The van der Waals surface area contributed by atoms with Gasteiger partial charge in [0, 0.05) is 0 Å². The Morgan fingerprint density at radius 2 is 1.62 bits per heavy atom. The Labute approximate surface area is 94.7 Å². The number of aromatic hydroxyl groups is 1. The molecule has 1 aliphatic carbocycles. The van der Waals surface area contributed by atoms with Crippen LogP contribution in [-0.2, 0) is 4.79 Å². The fourth-order valence-corrected chi connectivity index (χ4v) is 2.42. The van der Waals surface area contributed by atoms with Crippen LogP contribution in [0.4, 0.5) is 0 Å². The van der Waals surface area contributed by atoms with Crippen LogP contribution in [0.5, 0.6) is 5.75 Å². The minimum absolute atomic E-state index is 0.159. The number of aliphatic carboxylic acids is 1. The summed E-state index contributed by atoms with van der Waals surface area (Å²) in [7, 11) is 0. The summed E-state index contributed by atoms with van der Waals surface area (Å²) in [6.45, 7) is 0. The van der Waals surface area contributed by atoms with Gasteiger partial charge in [0.25, 0.3) is 0 Å². The van der Waals surface area contributed by atoms with Crippen LogP contribution in [0.25, 0.3) is 0 Å². The number of carboxylic acids is 1. The lowest BCUT2D eigenvalue weighted by Crippen LogP contribution is -2.20. The molecule has 0 unspecified atom stereocenters. The summed E-state index contributed by atoms with van der Waals surface area (Å²) in [5.41, 5.74) is 1.21. The van der Waals surface area contributed by atoms with Crippen molar-refractivity contribution in [1.82, 2.24) is 0 Å². The van der Waals surface area contributed by atoms with Crippen molar-refractivity contribution in [3.63, 3.8) is 0 Å². The molecule has 0 spiro atoms. The van der Waals surface area contributed by atoms with Gasteiger partial charge < -0.3 is 10.2 Å². The summed E-state index contributed by atoms with van der Waals surface area (Å²) in [5, 5.41) is 18.1. The van der Waals surface area contributed by atoms with E-state index in [1.54, 1.807) is 12.1 Å². The van der Waals surface area contributed by atoms with E-state index in [1.807, 2.05) is 12.1 Å². The van der Waals surface area contributed by atoms with Gasteiger partial charge in [0.1, 0.15) is 5.75 Å². The van der Waals surface area contributed by atoms with Crippen LogP contribution >= 0.6 is 0 Å². The van der Waals surface area contributed by atoms with Crippen LogP contribution in [-0.4, -0.2) is 16.2 Å². The van der Waals surface area contributed by atoms with Crippen molar-refractivity contribution >= 4 is 5.97 Å². The zero-order chi connectivity index (χ0) is 11.5. The molecule has 1 aliphatic rings. The minimum Gasteiger partial charge on any atom is -0.508 e. The van der Waals surface area contributed by atoms with Gasteiger partial charge in [-0.3, -0.25) is 4.79 Å². The molecule has 86 valence electrons. The standard InChI is InChI=1S/C13H16O3/c14-12-7-5-10(6-8-12)9-1-3-11(4-2-9)13(15)16/h5-9,11,14H,1-4H2,(H,15,16)/t9-,11-. The predicted octanol–water partition coefficient (Wildman–Crippen LogP) is 2.75. The quantitative estimate of drug-likeness (QED) is 0.805. The van der Waals surface area contributed by atoms with E-state index < -0.39 is 5.97 Å². The molecule has 1 aromatic rings. The second-order valence-corrected chi connectivity index (χ2v) is 4.48. The lowest BCUT2D eigenvalue weighted by molar-refractivity contribution is -0.142. The molecule has 0 heterocycles. The number of hydrogen-bond donors (Lipinski definition) is 2. The summed E-state index contributed by atoms with van der Waals surface area (Å²) >= 11 is 0. The van der Waals surface area contributed by atoms with E-state index in [2.05, 4.69) is 0 Å². The second-order valence-electron chi connectivity index (χ2n) is 4.48. The SMILES string of the molecule is O=C(O)[C@H]1CC[C@H](c2ccc(O)cc2)CC1. The Hall–Kier alpha value is -1.51. The average molecular weight is 220 g/mol. The molecule has 3 heteroatoms. The molecule has 0 amide bonds. The molecule has 1 saturated carbocycles. The maximum absolute atomic E-state index is 10.8. The lowest BCUT2D eigenvalue weighted by atomic mass is 9.79. The first-order valence-corrected chi connectivity index (χ1v) is 5.68. The molecular weight excluding hydrogens is 204 g/mol. The van der Waals surface area contributed by atoms with Crippen molar-refractivity contribution in [2.45, 2.75) is 31.6 Å². The van der Waals surface area contributed by atoms with E-state index >= 15 is 0 Å². The number of rotatable bonds is 2. The Balaban J connectivity index is 1.99. The van der Waals surface area contributed by atoms with Crippen molar-refractivity contribution < 1.29 is 15.0 Å². The first kappa shape index (κ1) is 11.0. The van der Waals surface area contributed by atoms with Gasteiger partial charge in [-0.2, -0.15) is 0 Å². The van der Waals surface area contributed by atoms with Crippen LogP contribution in [0, 0.1) is 5.92 Å². The second kappa shape index (κ2) is 4.56. The Morgan fingerprint density at radius 1 is 1.06 bits per heavy atom. The van der Waals surface area contributed by atoms with Gasteiger partial charge in [0.15, 0.2) is 0 Å². The summed E-state index contributed by atoms with van der Waals surface area (Å²) in [5.74, 6) is -0.0864. The largest absolute Gasteiger partial charge is 0.508 e. The smallest absolute Gasteiger partial charge is 0.306 e. The summed E-state index contributed by atoms with van der Waals surface area (Å²) < 4.78 is 0. The molecule has 16 heavy (non-hydrogen) atoms. The third-order valence-corrected chi connectivity index (χ3v) is 3.44. The molecule has 1 fully saturated rings. The van der Waals surface area contributed by atoms with Crippen molar-refractivity contribution in [2.75, 3.05) is 0 Å². The van der Waals surface area contributed by atoms with Crippen molar-refractivity contribution in [2.24, 2.45) is 5.92 Å². The molecule has 3 nitrogen and oxygen atoms in total. The topological polar surface area (TPSA) is 57.5 Å². The van der Waals surface area contributed by atoms with Crippen LogP contribution in [0.2, 0.25) is 0 Å². The zero-order valence-corrected chi connectivity index (χ0v) is 9.10. The van der Waals surface area contributed by atoms with E-state index in [9.17, 15) is 9.90 Å².